The minimum atomic E-state index is -4.72. The molecule has 1 aliphatic heterocycles. The van der Waals surface area contributed by atoms with Gasteiger partial charge in [0.1, 0.15) is 5.75 Å². The van der Waals surface area contributed by atoms with Crippen LogP contribution in [0.15, 0.2) is 51.7 Å². The first kappa shape index (κ1) is 20.3. The summed E-state index contributed by atoms with van der Waals surface area (Å²) in [5.74, 6) is -0.690. The highest BCUT2D eigenvalue weighted by molar-refractivity contribution is 5.85. The van der Waals surface area contributed by atoms with Crippen LogP contribution in [0.4, 0.5) is 13.2 Å². The van der Waals surface area contributed by atoms with E-state index in [0.29, 0.717) is 23.2 Å². The van der Waals surface area contributed by atoms with Gasteiger partial charge in [0, 0.05) is 12.6 Å². The van der Waals surface area contributed by atoms with Crippen molar-refractivity contribution in [2.24, 2.45) is 0 Å². The molecule has 0 radical (unpaired) electrons. The van der Waals surface area contributed by atoms with E-state index in [9.17, 15) is 18.0 Å². The van der Waals surface area contributed by atoms with Crippen LogP contribution in [-0.2, 0) is 6.54 Å². The van der Waals surface area contributed by atoms with Crippen molar-refractivity contribution in [1.82, 2.24) is 9.88 Å². The number of hydrogen-bond acceptors (Lipinski definition) is 4. The molecule has 9 heteroatoms. The number of aromatic nitrogens is 1. The molecule has 1 fully saturated rings. The first-order valence-electron chi connectivity index (χ1n) is 8.62. The first-order valence-corrected chi connectivity index (χ1v) is 8.62. The Morgan fingerprint density at radius 3 is 2.50 bits per heavy atom. The molecule has 0 unspecified atom stereocenters. The average molecular weight is 415 g/mol. The van der Waals surface area contributed by atoms with Gasteiger partial charge in [0.15, 0.2) is 5.58 Å². The molecule has 1 aromatic heterocycles. The van der Waals surface area contributed by atoms with Crippen molar-refractivity contribution in [2.75, 3.05) is 6.54 Å². The lowest BCUT2D eigenvalue weighted by molar-refractivity contribution is -0.274. The summed E-state index contributed by atoms with van der Waals surface area (Å²) < 4.78 is 47.7. The van der Waals surface area contributed by atoms with E-state index >= 15 is 0 Å². The van der Waals surface area contributed by atoms with Crippen LogP contribution in [0.25, 0.3) is 22.2 Å². The Hall–Kier alpha value is -2.45. The Labute approximate surface area is 164 Å². The quantitative estimate of drug-likeness (QED) is 0.690. The predicted octanol–water partition coefficient (Wildman–Crippen LogP) is 4.33. The minimum Gasteiger partial charge on any atom is -0.408 e. The van der Waals surface area contributed by atoms with E-state index < -0.39 is 12.1 Å². The van der Waals surface area contributed by atoms with Crippen LogP contribution in [0.5, 0.6) is 5.75 Å². The molecule has 5 nitrogen and oxygen atoms in total. The van der Waals surface area contributed by atoms with E-state index in [0.717, 1.165) is 24.9 Å². The summed E-state index contributed by atoms with van der Waals surface area (Å²) in [6.07, 6.45) is -2.65. The molecule has 1 aliphatic rings. The Balaban J connectivity index is 0.00000225. The molecule has 4 rings (SSSR count). The second-order valence-electron chi connectivity index (χ2n) is 6.53. The SMILES string of the molecule is Cl.O=c1oc2ccc(-c3ccc(OC(F)(F)F)cc3)cc2n1C[C@H]1CCCN1. The molecule has 2 heterocycles. The highest BCUT2D eigenvalue weighted by Gasteiger charge is 2.31. The molecule has 1 N–H and O–H groups in total. The smallest absolute Gasteiger partial charge is 0.408 e. The molecule has 1 saturated heterocycles. The number of benzene rings is 2. The number of nitrogens with zero attached hydrogens (tertiary/aromatic N) is 1. The molecular formula is C19H18ClF3N2O3. The average Bonchev–Trinajstić information content (AvgIpc) is 3.23. The van der Waals surface area contributed by atoms with E-state index in [1.807, 2.05) is 6.07 Å². The van der Waals surface area contributed by atoms with E-state index in [2.05, 4.69) is 10.1 Å². The molecule has 0 saturated carbocycles. The van der Waals surface area contributed by atoms with Gasteiger partial charge in [0.25, 0.3) is 0 Å². The van der Waals surface area contributed by atoms with Gasteiger partial charge in [-0.2, -0.15) is 0 Å². The van der Waals surface area contributed by atoms with Crippen molar-refractivity contribution in [3.05, 3.63) is 53.0 Å². The Bertz CT molecular complexity index is 1010. The molecular weight excluding hydrogens is 397 g/mol. The second-order valence-corrected chi connectivity index (χ2v) is 6.53. The number of hydrogen-bond donors (Lipinski definition) is 1. The molecule has 1 atom stereocenters. The van der Waals surface area contributed by atoms with Crippen LogP contribution in [0, 0.1) is 0 Å². The van der Waals surface area contributed by atoms with E-state index in [1.54, 1.807) is 28.8 Å². The van der Waals surface area contributed by atoms with Crippen molar-refractivity contribution >= 4 is 23.5 Å². The fourth-order valence-electron chi connectivity index (χ4n) is 3.40. The molecule has 0 bridgehead atoms. The molecule has 2 aromatic carbocycles. The summed E-state index contributed by atoms with van der Waals surface area (Å²) in [6.45, 7) is 1.46. The van der Waals surface area contributed by atoms with Crippen LogP contribution >= 0.6 is 12.4 Å². The number of nitrogens with one attached hydrogen (secondary N) is 1. The van der Waals surface area contributed by atoms with Gasteiger partial charge in [-0.15, -0.1) is 25.6 Å². The summed E-state index contributed by atoms with van der Waals surface area (Å²) in [6, 6.07) is 11.1. The van der Waals surface area contributed by atoms with Crippen molar-refractivity contribution in [3.8, 4) is 16.9 Å². The standard InChI is InChI=1S/C19H17F3N2O3.ClH/c20-19(21,22)27-15-6-3-12(4-7-15)13-5-8-17-16(10-13)24(18(25)26-17)11-14-2-1-9-23-14;/h3-8,10,14,23H,1-2,9,11H2;1H/t14-;/m1./s1. The van der Waals surface area contributed by atoms with Gasteiger partial charge in [-0.1, -0.05) is 18.2 Å². The lowest BCUT2D eigenvalue weighted by atomic mass is 10.1. The zero-order chi connectivity index (χ0) is 19.0. The number of halogens is 4. The summed E-state index contributed by atoms with van der Waals surface area (Å²) in [4.78, 5) is 12.2. The molecule has 28 heavy (non-hydrogen) atoms. The van der Waals surface area contributed by atoms with Gasteiger partial charge in [0.2, 0.25) is 0 Å². The largest absolute Gasteiger partial charge is 0.573 e. The van der Waals surface area contributed by atoms with Crippen molar-refractivity contribution < 1.29 is 22.3 Å². The summed E-state index contributed by atoms with van der Waals surface area (Å²) in [5, 5.41) is 3.35. The van der Waals surface area contributed by atoms with Gasteiger partial charge in [-0.05, 0) is 54.8 Å². The maximum Gasteiger partial charge on any atom is 0.573 e. The normalized spacial score (nSPS) is 16.9. The van der Waals surface area contributed by atoms with Gasteiger partial charge in [-0.3, -0.25) is 4.57 Å². The number of rotatable bonds is 4. The summed E-state index contributed by atoms with van der Waals surface area (Å²) >= 11 is 0. The van der Waals surface area contributed by atoms with Crippen LogP contribution in [0.2, 0.25) is 0 Å². The van der Waals surface area contributed by atoms with Crippen LogP contribution in [-0.4, -0.2) is 23.5 Å². The first-order chi connectivity index (χ1) is 12.9. The Kier molecular flexibility index (Phi) is 5.71. The van der Waals surface area contributed by atoms with E-state index in [-0.39, 0.29) is 24.2 Å². The highest BCUT2D eigenvalue weighted by Crippen LogP contribution is 2.28. The van der Waals surface area contributed by atoms with Gasteiger partial charge < -0.3 is 14.5 Å². The van der Waals surface area contributed by atoms with Crippen molar-refractivity contribution in [2.45, 2.75) is 31.8 Å². The van der Waals surface area contributed by atoms with Gasteiger partial charge >= 0.3 is 12.1 Å². The summed E-state index contributed by atoms with van der Waals surface area (Å²) in [5.41, 5.74) is 2.64. The number of ether oxygens (including phenoxy) is 1. The maximum absolute atomic E-state index is 12.3. The number of fused-ring (bicyclic) bond motifs is 1. The Morgan fingerprint density at radius 1 is 1.14 bits per heavy atom. The molecule has 150 valence electrons. The number of alkyl halides is 3. The molecule has 0 spiro atoms. The topological polar surface area (TPSA) is 56.4 Å². The zero-order valence-corrected chi connectivity index (χ0v) is 15.5. The lowest BCUT2D eigenvalue weighted by Gasteiger charge is -2.11. The summed E-state index contributed by atoms with van der Waals surface area (Å²) in [7, 11) is 0. The minimum absolute atomic E-state index is 0. The van der Waals surface area contributed by atoms with Crippen molar-refractivity contribution in [1.29, 1.82) is 0 Å². The fraction of sp³-hybridized carbons (Fsp3) is 0.316. The van der Waals surface area contributed by atoms with E-state index in [1.165, 1.54) is 12.1 Å². The molecule has 3 aromatic rings. The third-order valence-corrected chi connectivity index (χ3v) is 4.65. The third kappa shape index (κ3) is 4.34. The van der Waals surface area contributed by atoms with E-state index in [4.69, 9.17) is 4.42 Å². The highest BCUT2D eigenvalue weighted by atomic mass is 35.5. The van der Waals surface area contributed by atoms with Crippen molar-refractivity contribution in [3.63, 3.8) is 0 Å². The fourth-order valence-corrected chi connectivity index (χ4v) is 3.40. The monoisotopic (exact) mass is 414 g/mol. The van der Waals surface area contributed by atoms with Crippen LogP contribution in [0.1, 0.15) is 12.8 Å². The second kappa shape index (κ2) is 7.89. The predicted molar refractivity (Wildman–Crippen MR) is 101 cm³/mol. The van der Waals surface area contributed by atoms with Crippen LogP contribution in [0.3, 0.4) is 0 Å². The van der Waals surface area contributed by atoms with Crippen LogP contribution < -0.4 is 15.8 Å². The third-order valence-electron chi connectivity index (χ3n) is 4.65. The number of oxazole rings is 1. The van der Waals surface area contributed by atoms with Gasteiger partial charge in [0.05, 0.1) is 5.52 Å². The Morgan fingerprint density at radius 2 is 1.86 bits per heavy atom. The van der Waals surface area contributed by atoms with Gasteiger partial charge in [-0.25, -0.2) is 4.79 Å². The lowest BCUT2D eigenvalue weighted by Crippen LogP contribution is -2.30. The molecule has 0 aliphatic carbocycles. The maximum atomic E-state index is 12.3. The molecule has 0 amide bonds. The zero-order valence-electron chi connectivity index (χ0n) is 14.7.